The number of amides is 1. The molecule has 1 aliphatic rings. The molecule has 0 saturated carbocycles. The summed E-state index contributed by atoms with van der Waals surface area (Å²) in [4.78, 5) is 26.0. The van der Waals surface area contributed by atoms with Crippen molar-refractivity contribution in [2.45, 2.75) is 25.8 Å². The summed E-state index contributed by atoms with van der Waals surface area (Å²) in [6.45, 7) is 0.919. The number of nitrogens with two attached hydrogens (primary N) is 1. The normalized spacial score (nSPS) is 13.1. The van der Waals surface area contributed by atoms with Gasteiger partial charge >= 0.3 is 0 Å². The van der Waals surface area contributed by atoms with E-state index in [1.807, 2.05) is 12.1 Å². The molecule has 0 spiro atoms. The number of aryl methyl sites for hydroxylation is 1. The van der Waals surface area contributed by atoms with Gasteiger partial charge < -0.3 is 15.6 Å². The largest absolute Gasteiger partial charge is 0.384 e. The van der Waals surface area contributed by atoms with Gasteiger partial charge in [-0.25, -0.2) is 19.5 Å². The van der Waals surface area contributed by atoms with Crippen molar-refractivity contribution in [2.24, 2.45) is 0 Å². The Morgan fingerprint density at radius 1 is 1.06 bits per heavy atom. The molecule has 6 rings (SSSR count). The number of hydrogen-bond acceptors (Lipinski definition) is 6. The van der Waals surface area contributed by atoms with Crippen molar-refractivity contribution in [3.05, 3.63) is 75.9 Å². The van der Waals surface area contributed by atoms with Crippen LogP contribution in [-0.4, -0.2) is 35.0 Å². The van der Waals surface area contributed by atoms with Gasteiger partial charge in [0.15, 0.2) is 11.5 Å². The van der Waals surface area contributed by atoms with Crippen LogP contribution in [0.3, 0.4) is 0 Å². The summed E-state index contributed by atoms with van der Waals surface area (Å²) in [5, 5.41) is 7.66. The fourth-order valence-corrected chi connectivity index (χ4v) is 4.76. The number of halogens is 1. The Hall–Kier alpha value is -3.80. The van der Waals surface area contributed by atoms with Gasteiger partial charge in [-0.05, 0) is 71.8 Å². The Morgan fingerprint density at radius 3 is 2.74 bits per heavy atom. The number of carbonyl (C=O) groups excluding carboxylic acids is 1. The minimum Gasteiger partial charge on any atom is -0.384 e. The molecule has 0 atom stereocenters. The Bertz CT molecular complexity index is 1570. The van der Waals surface area contributed by atoms with Crippen molar-refractivity contribution < 1.29 is 4.79 Å². The van der Waals surface area contributed by atoms with E-state index >= 15 is 0 Å². The van der Waals surface area contributed by atoms with Crippen LogP contribution in [0.1, 0.15) is 29.0 Å². The number of aromatic nitrogens is 6. The van der Waals surface area contributed by atoms with E-state index in [0.29, 0.717) is 17.0 Å². The first-order valence-corrected chi connectivity index (χ1v) is 12.4. The molecule has 0 fully saturated rings. The fourth-order valence-electron chi connectivity index (χ4n) is 4.40. The molecule has 0 radical (unpaired) electrons. The van der Waals surface area contributed by atoms with Crippen LogP contribution in [-0.2, 0) is 13.0 Å². The molecule has 0 saturated heterocycles. The first kappa shape index (κ1) is 21.7. The van der Waals surface area contributed by atoms with Gasteiger partial charge in [0.25, 0.3) is 5.91 Å². The number of nitrogens with zero attached hydrogens (tertiary/aromatic N) is 6. The lowest BCUT2D eigenvalue weighted by molar-refractivity contribution is 0.102. The number of nitrogen functional groups attached to an aromatic ring is 1. The summed E-state index contributed by atoms with van der Waals surface area (Å²) in [7, 11) is 0. The summed E-state index contributed by atoms with van der Waals surface area (Å²) in [5.41, 5.74) is 10.6. The molecular formula is C25H21IN8O. The van der Waals surface area contributed by atoms with Gasteiger partial charge in [-0.3, -0.25) is 4.79 Å². The van der Waals surface area contributed by atoms with E-state index in [-0.39, 0.29) is 11.7 Å². The highest BCUT2D eigenvalue weighted by atomic mass is 127. The van der Waals surface area contributed by atoms with E-state index in [0.717, 1.165) is 54.3 Å². The lowest BCUT2D eigenvalue weighted by atomic mass is 10.1. The lowest BCUT2D eigenvalue weighted by Gasteiger charge is -2.16. The fraction of sp³-hybridized carbons (Fsp3) is 0.160. The van der Waals surface area contributed by atoms with Crippen LogP contribution in [0, 0.1) is 3.57 Å². The summed E-state index contributed by atoms with van der Waals surface area (Å²) < 4.78 is 5.16. The molecule has 5 heterocycles. The van der Waals surface area contributed by atoms with Crippen LogP contribution in [0.25, 0.3) is 28.3 Å². The van der Waals surface area contributed by atoms with E-state index < -0.39 is 0 Å². The number of anilines is 2. The Kier molecular flexibility index (Phi) is 5.44. The molecule has 0 bridgehead atoms. The zero-order valence-electron chi connectivity index (χ0n) is 18.6. The van der Waals surface area contributed by atoms with Gasteiger partial charge in [0.2, 0.25) is 0 Å². The summed E-state index contributed by atoms with van der Waals surface area (Å²) in [6.07, 6.45) is 6.42. The number of nitrogens with one attached hydrogen (secondary N) is 1. The molecule has 4 aromatic heterocycles. The summed E-state index contributed by atoms with van der Waals surface area (Å²) in [5.74, 6) is 1.47. The van der Waals surface area contributed by atoms with Crippen molar-refractivity contribution in [3.8, 4) is 22.6 Å². The average molecular weight is 576 g/mol. The SMILES string of the molecule is Nc1cc(C(=O)Nc2cn3nc(-c4c(-c5ccc(I)cc5)nc5n4CCCC5)ccc3n2)ccn1. The van der Waals surface area contributed by atoms with E-state index in [1.165, 1.54) is 15.8 Å². The molecule has 1 aromatic carbocycles. The number of fused-ring (bicyclic) bond motifs is 2. The number of rotatable bonds is 4. The summed E-state index contributed by atoms with van der Waals surface area (Å²) >= 11 is 2.31. The van der Waals surface area contributed by atoms with Crippen molar-refractivity contribution >= 4 is 45.8 Å². The number of imidazole rings is 2. The predicted molar refractivity (Wildman–Crippen MR) is 142 cm³/mol. The van der Waals surface area contributed by atoms with Gasteiger partial charge in [0.1, 0.15) is 17.3 Å². The zero-order chi connectivity index (χ0) is 23.9. The Labute approximate surface area is 214 Å². The molecule has 0 unspecified atom stereocenters. The quantitative estimate of drug-likeness (QED) is 0.306. The zero-order valence-corrected chi connectivity index (χ0v) is 20.8. The van der Waals surface area contributed by atoms with Crippen LogP contribution in [0.5, 0.6) is 0 Å². The van der Waals surface area contributed by atoms with Gasteiger partial charge in [-0.15, -0.1) is 0 Å². The number of hydrogen-bond donors (Lipinski definition) is 2. The average Bonchev–Trinajstić information content (AvgIpc) is 3.44. The molecule has 0 aliphatic carbocycles. The molecule has 9 nitrogen and oxygen atoms in total. The third kappa shape index (κ3) is 4.14. The smallest absolute Gasteiger partial charge is 0.257 e. The second-order valence-electron chi connectivity index (χ2n) is 8.41. The second-order valence-corrected chi connectivity index (χ2v) is 9.66. The first-order chi connectivity index (χ1) is 17.0. The maximum Gasteiger partial charge on any atom is 0.257 e. The Balaban J connectivity index is 1.39. The molecule has 5 aromatic rings. The molecular weight excluding hydrogens is 555 g/mol. The highest BCUT2D eigenvalue weighted by Gasteiger charge is 2.23. The van der Waals surface area contributed by atoms with E-state index in [2.05, 4.69) is 66.7 Å². The van der Waals surface area contributed by atoms with Crippen LogP contribution in [0.15, 0.2) is 60.9 Å². The van der Waals surface area contributed by atoms with Crippen LogP contribution < -0.4 is 11.1 Å². The molecule has 3 N–H and O–H groups in total. The van der Waals surface area contributed by atoms with Crippen molar-refractivity contribution in [3.63, 3.8) is 0 Å². The van der Waals surface area contributed by atoms with Gasteiger partial charge in [-0.2, -0.15) is 5.10 Å². The predicted octanol–water partition coefficient (Wildman–Crippen LogP) is 4.43. The topological polar surface area (TPSA) is 116 Å². The van der Waals surface area contributed by atoms with Gasteiger partial charge in [0.05, 0.1) is 17.6 Å². The molecule has 174 valence electrons. The van der Waals surface area contributed by atoms with E-state index in [1.54, 1.807) is 16.8 Å². The van der Waals surface area contributed by atoms with E-state index in [4.69, 9.17) is 15.8 Å². The third-order valence-electron chi connectivity index (χ3n) is 6.04. The van der Waals surface area contributed by atoms with E-state index in [9.17, 15) is 4.79 Å². The highest BCUT2D eigenvalue weighted by molar-refractivity contribution is 14.1. The monoisotopic (exact) mass is 576 g/mol. The van der Waals surface area contributed by atoms with Gasteiger partial charge in [0, 0.05) is 33.9 Å². The van der Waals surface area contributed by atoms with Gasteiger partial charge in [-0.1, -0.05) is 12.1 Å². The van der Waals surface area contributed by atoms with Crippen molar-refractivity contribution in [1.29, 1.82) is 0 Å². The maximum absolute atomic E-state index is 12.6. The first-order valence-electron chi connectivity index (χ1n) is 11.3. The lowest BCUT2D eigenvalue weighted by Crippen LogP contribution is -2.12. The molecule has 35 heavy (non-hydrogen) atoms. The number of pyridine rings is 1. The molecule has 1 amide bonds. The van der Waals surface area contributed by atoms with Crippen LogP contribution in [0.4, 0.5) is 11.6 Å². The standard InChI is InChI=1S/C25H21IN8O/c26-17-6-4-15(5-7-17)23-24(33-12-2-1-3-21(33)31-23)18-8-9-22-29-20(14-34(22)32-18)30-25(35)16-10-11-28-19(27)13-16/h4-11,13-14H,1-3,12H2,(H2,27,28)(H,30,35). The van der Waals surface area contributed by atoms with Crippen molar-refractivity contribution in [1.82, 2.24) is 29.1 Å². The number of benzene rings is 1. The molecule has 1 aliphatic heterocycles. The highest BCUT2D eigenvalue weighted by Crippen LogP contribution is 2.34. The molecule has 10 heteroatoms. The minimum absolute atomic E-state index is 0.284. The minimum atomic E-state index is -0.311. The Morgan fingerprint density at radius 2 is 1.91 bits per heavy atom. The maximum atomic E-state index is 12.6. The number of carbonyl (C=O) groups is 1. The second kappa shape index (κ2) is 8.77. The summed E-state index contributed by atoms with van der Waals surface area (Å²) in [6, 6.07) is 15.4. The van der Waals surface area contributed by atoms with Crippen LogP contribution in [0.2, 0.25) is 0 Å². The van der Waals surface area contributed by atoms with Crippen LogP contribution >= 0.6 is 22.6 Å². The third-order valence-corrected chi connectivity index (χ3v) is 6.76. The van der Waals surface area contributed by atoms with Crippen molar-refractivity contribution in [2.75, 3.05) is 11.1 Å².